The van der Waals surface area contributed by atoms with Crippen molar-refractivity contribution in [2.75, 3.05) is 0 Å². The van der Waals surface area contributed by atoms with Gasteiger partial charge in [0, 0.05) is 16.0 Å². The lowest BCUT2D eigenvalue weighted by Crippen LogP contribution is -2.13. The highest BCUT2D eigenvalue weighted by Crippen LogP contribution is 2.40. The van der Waals surface area contributed by atoms with Crippen molar-refractivity contribution in [3.63, 3.8) is 0 Å². The Kier molecular flexibility index (Phi) is 4.69. The molecule has 0 spiro atoms. The number of alkyl halides is 3. The summed E-state index contributed by atoms with van der Waals surface area (Å²) in [4.78, 5) is 11.6. The van der Waals surface area contributed by atoms with Crippen LogP contribution in [-0.2, 0) is 11.6 Å². The molecule has 8 heteroatoms. The predicted octanol–water partition coefficient (Wildman–Crippen LogP) is 7.16. The Morgan fingerprint density at radius 3 is 2.33 bits per heavy atom. The minimum atomic E-state index is -4.58. The Bertz CT molecular complexity index is 1250. The van der Waals surface area contributed by atoms with Crippen molar-refractivity contribution >= 4 is 22.6 Å². The third-order valence-corrected chi connectivity index (χ3v) is 5.12. The van der Waals surface area contributed by atoms with Gasteiger partial charge >= 0.3 is 6.18 Å². The number of aromatic amines is 1. The lowest BCUT2D eigenvalue weighted by atomic mass is 9.91. The fourth-order valence-corrected chi connectivity index (χ4v) is 3.73. The molecule has 4 nitrogen and oxygen atoms in total. The molecule has 2 aromatic carbocycles. The Balaban J connectivity index is 1.93. The third kappa shape index (κ3) is 3.58. The molecule has 0 bridgehead atoms. The molecule has 0 atom stereocenters. The molecule has 156 valence electrons. The van der Waals surface area contributed by atoms with Crippen LogP contribution in [0.2, 0.25) is 5.02 Å². The number of fused-ring (bicyclic) bond motifs is 1. The molecular formula is C22H19ClF3N3O. The maximum absolute atomic E-state index is 13.8. The fourth-order valence-electron chi connectivity index (χ4n) is 3.48. The molecule has 0 aliphatic heterocycles. The van der Waals surface area contributed by atoms with Crippen molar-refractivity contribution in [2.45, 2.75) is 39.3 Å². The maximum atomic E-state index is 13.8. The van der Waals surface area contributed by atoms with Crippen molar-refractivity contribution < 1.29 is 17.6 Å². The molecule has 0 unspecified atom stereocenters. The number of benzene rings is 2. The second-order valence-electron chi connectivity index (χ2n) is 8.15. The monoisotopic (exact) mass is 433 g/mol. The Labute approximate surface area is 176 Å². The van der Waals surface area contributed by atoms with E-state index in [0.717, 1.165) is 11.8 Å². The highest BCUT2D eigenvalue weighted by Gasteiger charge is 2.35. The first-order chi connectivity index (χ1) is 13.9. The van der Waals surface area contributed by atoms with E-state index in [0.29, 0.717) is 21.9 Å². The SMILES string of the molecule is Cc1oc(-c2nc3cc(-c4ccccc4Cl)cc(C(F)(F)F)c3[nH]2)nc1C(C)(C)C. The number of halogens is 4. The van der Waals surface area contributed by atoms with E-state index < -0.39 is 11.7 Å². The largest absolute Gasteiger partial charge is 0.439 e. The smallest absolute Gasteiger partial charge is 0.418 e. The minimum absolute atomic E-state index is 0.124. The number of rotatable bonds is 2. The summed E-state index contributed by atoms with van der Waals surface area (Å²) in [6.45, 7) is 7.73. The van der Waals surface area contributed by atoms with Crippen LogP contribution in [0.5, 0.6) is 0 Å². The summed E-state index contributed by atoms with van der Waals surface area (Å²) >= 11 is 6.21. The van der Waals surface area contributed by atoms with E-state index in [9.17, 15) is 13.2 Å². The van der Waals surface area contributed by atoms with Crippen LogP contribution in [0.4, 0.5) is 13.2 Å². The van der Waals surface area contributed by atoms with Gasteiger partial charge in [0.2, 0.25) is 0 Å². The lowest BCUT2D eigenvalue weighted by molar-refractivity contribution is -0.136. The van der Waals surface area contributed by atoms with Crippen LogP contribution in [0.25, 0.3) is 33.9 Å². The molecule has 30 heavy (non-hydrogen) atoms. The number of H-pyrrole nitrogens is 1. The molecule has 0 amide bonds. The number of nitrogens with zero attached hydrogens (tertiary/aromatic N) is 2. The van der Waals surface area contributed by atoms with Crippen LogP contribution in [0.1, 0.15) is 37.8 Å². The maximum Gasteiger partial charge on any atom is 0.418 e. The van der Waals surface area contributed by atoms with Gasteiger partial charge in [0.05, 0.1) is 22.3 Å². The van der Waals surface area contributed by atoms with Gasteiger partial charge in [-0.05, 0) is 30.7 Å². The fraction of sp³-hybridized carbons (Fsp3) is 0.273. The summed E-state index contributed by atoms with van der Waals surface area (Å²) in [5.74, 6) is 0.900. The summed E-state index contributed by atoms with van der Waals surface area (Å²) in [6.07, 6.45) is -4.58. The Morgan fingerprint density at radius 2 is 1.73 bits per heavy atom. The van der Waals surface area contributed by atoms with Gasteiger partial charge < -0.3 is 9.40 Å². The molecule has 0 fully saturated rings. The zero-order valence-corrected chi connectivity index (χ0v) is 17.5. The summed E-state index contributed by atoms with van der Waals surface area (Å²) < 4.78 is 47.2. The van der Waals surface area contributed by atoms with Gasteiger partial charge in [0.25, 0.3) is 5.89 Å². The van der Waals surface area contributed by atoms with E-state index >= 15 is 0 Å². The normalized spacial score (nSPS) is 12.7. The molecule has 2 aromatic heterocycles. The number of hydrogen-bond acceptors (Lipinski definition) is 3. The van der Waals surface area contributed by atoms with Crippen molar-refractivity contribution in [3.05, 3.63) is 58.4 Å². The Hall–Kier alpha value is -2.80. The number of nitrogens with one attached hydrogen (secondary N) is 1. The zero-order chi connectivity index (χ0) is 21.8. The average Bonchev–Trinajstić information content (AvgIpc) is 3.23. The second kappa shape index (κ2) is 6.87. The van der Waals surface area contributed by atoms with E-state index in [2.05, 4.69) is 15.0 Å². The molecule has 2 heterocycles. The van der Waals surface area contributed by atoms with E-state index in [-0.39, 0.29) is 28.2 Å². The highest BCUT2D eigenvalue weighted by atomic mass is 35.5. The first kappa shape index (κ1) is 20.5. The molecule has 0 aliphatic carbocycles. The van der Waals surface area contributed by atoms with E-state index in [1.54, 1.807) is 37.3 Å². The van der Waals surface area contributed by atoms with Crippen LogP contribution in [0, 0.1) is 6.92 Å². The average molecular weight is 434 g/mol. The van der Waals surface area contributed by atoms with Crippen molar-refractivity contribution in [1.29, 1.82) is 0 Å². The molecule has 0 aliphatic rings. The molecule has 0 saturated heterocycles. The van der Waals surface area contributed by atoms with Gasteiger partial charge in [0.15, 0.2) is 5.82 Å². The van der Waals surface area contributed by atoms with Crippen LogP contribution in [-0.4, -0.2) is 15.0 Å². The van der Waals surface area contributed by atoms with Gasteiger partial charge in [-0.3, -0.25) is 0 Å². The van der Waals surface area contributed by atoms with Gasteiger partial charge in [-0.15, -0.1) is 0 Å². The first-order valence-electron chi connectivity index (χ1n) is 9.29. The van der Waals surface area contributed by atoms with E-state index in [1.165, 1.54) is 0 Å². The van der Waals surface area contributed by atoms with Crippen LogP contribution < -0.4 is 0 Å². The second-order valence-corrected chi connectivity index (χ2v) is 8.56. The molecule has 0 radical (unpaired) electrons. The number of aryl methyl sites for hydroxylation is 1. The standard InChI is InChI=1S/C22H19ClF3N3O/c1-11-18(21(2,3)4)29-20(30-11)19-27-16-10-12(13-7-5-6-8-15(13)23)9-14(17(16)28-19)22(24,25)26/h5-10H,1-4H3,(H,27,28). The van der Waals surface area contributed by atoms with Gasteiger partial charge in [-0.2, -0.15) is 13.2 Å². The zero-order valence-electron chi connectivity index (χ0n) is 16.8. The van der Waals surface area contributed by atoms with Gasteiger partial charge in [0.1, 0.15) is 5.76 Å². The summed E-state index contributed by atoms with van der Waals surface area (Å²) in [5.41, 5.74) is 0.491. The molecule has 4 aromatic rings. The number of oxazole rings is 1. The van der Waals surface area contributed by atoms with Crippen LogP contribution in [0.3, 0.4) is 0 Å². The summed E-state index contributed by atoms with van der Waals surface area (Å²) in [7, 11) is 0. The van der Waals surface area contributed by atoms with E-state index in [4.69, 9.17) is 16.0 Å². The Morgan fingerprint density at radius 1 is 1.03 bits per heavy atom. The number of aromatic nitrogens is 3. The quantitative estimate of drug-likeness (QED) is 0.364. The summed E-state index contributed by atoms with van der Waals surface area (Å²) in [5, 5.41) is 0.360. The first-order valence-corrected chi connectivity index (χ1v) is 9.67. The van der Waals surface area contributed by atoms with Crippen LogP contribution >= 0.6 is 11.6 Å². The molecule has 0 saturated carbocycles. The molecular weight excluding hydrogens is 415 g/mol. The molecule has 1 N–H and O–H groups in total. The van der Waals surface area contributed by atoms with Gasteiger partial charge in [-0.1, -0.05) is 50.6 Å². The van der Waals surface area contributed by atoms with E-state index in [1.807, 2.05) is 20.8 Å². The number of hydrogen-bond donors (Lipinski definition) is 1. The third-order valence-electron chi connectivity index (χ3n) is 4.79. The topological polar surface area (TPSA) is 54.7 Å². The minimum Gasteiger partial charge on any atom is -0.439 e. The predicted molar refractivity (Wildman–Crippen MR) is 110 cm³/mol. The number of imidazole rings is 1. The highest BCUT2D eigenvalue weighted by molar-refractivity contribution is 6.33. The van der Waals surface area contributed by atoms with Crippen molar-refractivity contribution in [3.8, 4) is 22.8 Å². The molecule has 4 rings (SSSR count). The lowest BCUT2D eigenvalue weighted by Gasteiger charge is -2.14. The van der Waals surface area contributed by atoms with Gasteiger partial charge in [-0.25, -0.2) is 9.97 Å². The van der Waals surface area contributed by atoms with Crippen molar-refractivity contribution in [1.82, 2.24) is 15.0 Å². The summed E-state index contributed by atoms with van der Waals surface area (Å²) in [6, 6.07) is 9.40. The van der Waals surface area contributed by atoms with Crippen LogP contribution in [0.15, 0.2) is 40.8 Å². The van der Waals surface area contributed by atoms with Crippen molar-refractivity contribution in [2.24, 2.45) is 0 Å².